The van der Waals surface area contributed by atoms with Crippen molar-refractivity contribution >= 4 is 5.91 Å². The third kappa shape index (κ3) is 3.05. The molecule has 2 aromatic rings. The molecule has 2 rings (SSSR count). The SMILES string of the molecule is Cc1cc(C(=O)NCc2ccc(F)c(CO)c2)c(C)o1. The van der Waals surface area contributed by atoms with E-state index in [2.05, 4.69) is 5.32 Å². The fourth-order valence-electron chi connectivity index (χ4n) is 1.99. The van der Waals surface area contributed by atoms with E-state index < -0.39 is 5.82 Å². The van der Waals surface area contributed by atoms with Crippen LogP contribution in [0.3, 0.4) is 0 Å². The monoisotopic (exact) mass is 277 g/mol. The molecule has 0 atom stereocenters. The summed E-state index contributed by atoms with van der Waals surface area (Å²) in [5, 5.41) is 11.7. The Bertz CT molecular complexity index is 634. The molecule has 1 amide bonds. The van der Waals surface area contributed by atoms with Gasteiger partial charge in [-0.15, -0.1) is 0 Å². The van der Waals surface area contributed by atoms with Crippen molar-refractivity contribution in [2.24, 2.45) is 0 Å². The maximum Gasteiger partial charge on any atom is 0.255 e. The lowest BCUT2D eigenvalue weighted by atomic mass is 10.1. The van der Waals surface area contributed by atoms with Crippen molar-refractivity contribution in [1.29, 1.82) is 0 Å². The van der Waals surface area contributed by atoms with Crippen LogP contribution in [0.1, 0.15) is 33.0 Å². The van der Waals surface area contributed by atoms with Crippen LogP contribution in [0.5, 0.6) is 0 Å². The lowest BCUT2D eigenvalue weighted by Gasteiger charge is -2.06. The average molecular weight is 277 g/mol. The van der Waals surface area contributed by atoms with Gasteiger partial charge in [0.05, 0.1) is 12.2 Å². The Morgan fingerprint density at radius 3 is 2.70 bits per heavy atom. The maximum absolute atomic E-state index is 13.2. The molecule has 0 saturated heterocycles. The molecule has 2 N–H and O–H groups in total. The summed E-state index contributed by atoms with van der Waals surface area (Å²) in [6.45, 7) is 3.39. The standard InChI is InChI=1S/C15H16FNO3/c1-9-5-13(10(2)20-9)15(19)17-7-11-3-4-14(16)12(6-11)8-18/h3-6,18H,7-8H2,1-2H3,(H,17,19). The Kier molecular flexibility index (Phi) is 4.20. The van der Waals surface area contributed by atoms with E-state index in [1.54, 1.807) is 26.0 Å². The van der Waals surface area contributed by atoms with E-state index in [0.717, 1.165) is 5.56 Å². The summed E-state index contributed by atoms with van der Waals surface area (Å²) in [6.07, 6.45) is 0. The first kappa shape index (κ1) is 14.3. The summed E-state index contributed by atoms with van der Waals surface area (Å²) >= 11 is 0. The number of nitrogens with one attached hydrogen (secondary N) is 1. The number of aliphatic hydroxyl groups excluding tert-OH is 1. The highest BCUT2D eigenvalue weighted by atomic mass is 19.1. The number of amides is 1. The van der Waals surface area contributed by atoms with Crippen molar-refractivity contribution in [3.05, 3.63) is 58.3 Å². The number of hydrogen-bond acceptors (Lipinski definition) is 3. The molecule has 1 aromatic heterocycles. The van der Waals surface area contributed by atoms with Gasteiger partial charge in [-0.2, -0.15) is 0 Å². The summed E-state index contributed by atoms with van der Waals surface area (Å²) in [5.41, 5.74) is 1.43. The number of furan rings is 1. The van der Waals surface area contributed by atoms with Crippen LogP contribution in [-0.2, 0) is 13.2 Å². The summed E-state index contributed by atoms with van der Waals surface area (Å²) < 4.78 is 18.5. The normalized spacial score (nSPS) is 10.6. The van der Waals surface area contributed by atoms with Gasteiger partial charge in [0.15, 0.2) is 0 Å². The molecule has 1 heterocycles. The Hall–Kier alpha value is -2.14. The molecule has 0 radical (unpaired) electrons. The molecule has 0 bridgehead atoms. The summed E-state index contributed by atoms with van der Waals surface area (Å²) in [5.74, 6) is 0.547. The zero-order valence-corrected chi connectivity index (χ0v) is 11.4. The molecular formula is C15H16FNO3. The second-order valence-corrected chi connectivity index (χ2v) is 4.59. The average Bonchev–Trinajstić information content (AvgIpc) is 2.76. The van der Waals surface area contributed by atoms with E-state index in [9.17, 15) is 9.18 Å². The quantitative estimate of drug-likeness (QED) is 0.902. The van der Waals surface area contributed by atoms with Crippen LogP contribution in [0.4, 0.5) is 4.39 Å². The van der Waals surface area contributed by atoms with Gasteiger partial charge in [-0.25, -0.2) is 4.39 Å². The van der Waals surface area contributed by atoms with Gasteiger partial charge in [0, 0.05) is 12.1 Å². The minimum atomic E-state index is -0.455. The predicted molar refractivity (Wildman–Crippen MR) is 71.7 cm³/mol. The first-order valence-corrected chi connectivity index (χ1v) is 6.24. The number of halogens is 1. The second kappa shape index (κ2) is 5.88. The molecule has 0 aliphatic carbocycles. The Labute approximate surface area is 116 Å². The summed E-state index contributed by atoms with van der Waals surface area (Å²) in [6, 6.07) is 6.06. The van der Waals surface area contributed by atoms with Gasteiger partial charge < -0.3 is 14.8 Å². The van der Waals surface area contributed by atoms with Crippen molar-refractivity contribution in [2.75, 3.05) is 0 Å². The van der Waals surface area contributed by atoms with Gasteiger partial charge in [-0.3, -0.25) is 4.79 Å². The second-order valence-electron chi connectivity index (χ2n) is 4.59. The molecule has 1 aromatic carbocycles. The highest BCUT2D eigenvalue weighted by Crippen LogP contribution is 2.14. The maximum atomic E-state index is 13.2. The number of carbonyl (C=O) groups excluding carboxylic acids is 1. The van der Waals surface area contributed by atoms with Crippen LogP contribution in [0, 0.1) is 19.7 Å². The topological polar surface area (TPSA) is 62.5 Å². The number of carbonyl (C=O) groups is 1. The Morgan fingerprint density at radius 1 is 1.35 bits per heavy atom. The smallest absolute Gasteiger partial charge is 0.255 e. The van der Waals surface area contributed by atoms with Crippen LogP contribution in [0.15, 0.2) is 28.7 Å². The van der Waals surface area contributed by atoms with Crippen molar-refractivity contribution < 1.29 is 18.7 Å². The Balaban J connectivity index is 2.05. The fraction of sp³-hybridized carbons (Fsp3) is 0.267. The van der Waals surface area contributed by atoms with Crippen LogP contribution >= 0.6 is 0 Å². The third-order valence-corrected chi connectivity index (χ3v) is 3.02. The molecule has 0 saturated carbocycles. The lowest BCUT2D eigenvalue weighted by Crippen LogP contribution is -2.23. The van der Waals surface area contributed by atoms with E-state index in [1.807, 2.05) is 0 Å². The molecule has 106 valence electrons. The highest BCUT2D eigenvalue weighted by Gasteiger charge is 2.13. The number of hydrogen-bond donors (Lipinski definition) is 2. The molecule has 0 unspecified atom stereocenters. The fourth-order valence-corrected chi connectivity index (χ4v) is 1.99. The summed E-state index contributed by atoms with van der Waals surface area (Å²) in [7, 11) is 0. The molecule has 0 spiro atoms. The first-order valence-electron chi connectivity index (χ1n) is 6.24. The first-order chi connectivity index (χ1) is 9.51. The van der Waals surface area contributed by atoms with E-state index in [0.29, 0.717) is 17.1 Å². The Morgan fingerprint density at radius 2 is 2.10 bits per heavy atom. The molecule has 0 fully saturated rings. The molecule has 0 aliphatic heterocycles. The molecule has 20 heavy (non-hydrogen) atoms. The molecule has 4 nitrogen and oxygen atoms in total. The van der Waals surface area contributed by atoms with Crippen LogP contribution in [0.25, 0.3) is 0 Å². The van der Waals surface area contributed by atoms with Gasteiger partial charge in [-0.05, 0) is 37.6 Å². The molecular weight excluding hydrogens is 261 g/mol. The molecule has 5 heteroatoms. The van der Waals surface area contributed by atoms with Crippen LogP contribution in [-0.4, -0.2) is 11.0 Å². The van der Waals surface area contributed by atoms with Gasteiger partial charge in [-0.1, -0.05) is 6.07 Å². The molecule has 0 aliphatic rings. The van der Waals surface area contributed by atoms with Gasteiger partial charge in [0.25, 0.3) is 5.91 Å². The van der Waals surface area contributed by atoms with Gasteiger partial charge in [0.1, 0.15) is 17.3 Å². The van der Waals surface area contributed by atoms with E-state index >= 15 is 0 Å². The van der Waals surface area contributed by atoms with Crippen molar-refractivity contribution in [1.82, 2.24) is 5.32 Å². The van der Waals surface area contributed by atoms with Crippen molar-refractivity contribution in [3.8, 4) is 0 Å². The van der Waals surface area contributed by atoms with Gasteiger partial charge >= 0.3 is 0 Å². The van der Waals surface area contributed by atoms with Crippen LogP contribution in [0.2, 0.25) is 0 Å². The van der Waals surface area contributed by atoms with E-state index in [1.165, 1.54) is 12.1 Å². The van der Waals surface area contributed by atoms with E-state index in [4.69, 9.17) is 9.52 Å². The predicted octanol–water partition coefficient (Wildman–Crippen LogP) is 2.46. The third-order valence-electron chi connectivity index (χ3n) is 3.02. The minimum Gasteiger partial charge on any atom is -0.466 e. The lowest BCUT2D eigenvalue weighted by molar-refractivity contribution is 0.0949. The number of aliphatic hydroxyl groups is 1. The largest absolute Gasteiger partial charge is 0.466 e. The number of aryl methyl sites for hydroxylation is 2. The number of rotatable bonds is 4. The highest BCUT2D eigenvalue weighted by molar-refractivity contribution is 5.95. The van der Waals surface area contributed by atoms with E-state index in [-0.39, 0.29) is 24.6 Å². The minimum absolute atomic E-state index is 0.215. The summed E-state index contributed by atoms with van der Waals surface area (Å²) in [4.78, 5) is 12.0. The van der Waals surface area contributed by atoms with Gasteiger partial charge in [0.2, 0.25) is 0 Å². The van der Waals surface area contributed by atoms with Crippen LogP contribution < -0.4 is 5.32 Å². The number of benzene rings is 1. The van der Waals surface area contributed by atoms with Crippen molar-refractivity contribution in [2.45, 2.75) is 27.0 Å². The zero-order valence-electron chi connectivity index (χ0n) is 11.4. The van der Waals surface area contributed by atoms with Crippen molar-refractivity contribution in [3.63, 3.8) is 0 Å². The zero-order chi connectivity index (χ0) is 14.7.